The third-order valence-electron chi connectivity index (χ3n) is 8.84. The smallest absolute Gasteiger partial charge is 0.338 e. The van der Waals surface area contributed by atoms with Crippen LogP contribution in [0.15, 0.2) is 36.0 Å². The summed E-state index contributed by atoms with van der Waals surface area (Å²) >= 11 is 0. The van der Waals surface area contributed by atoms with Crippen LogP contribution in [-0.2, 0) is 19.0 Å². The number of ether oxygens (including phenoxy) is 3. The molecular weight excluding hydrogens is 456 g/mol. The van der Waals surface area contributed by atoms with Crippen LogP contribution < -0.4 is 0 Å². The van der Waals surface area contributed by atoms with Crippen molar-refractivity contribution < 1.29 is 44.5 Å². The molecule has 0 radical (unpaired) electrons. The molecule has 3 fully saturated rings. The largest absolute Gasteiger partial charge is 0.458 e. The fraction of sp³-hybridized carbons (Fsp3) is 0.731. The average molecular weight is 495 g/mol. The van der Waals surface area contributed by atoms with E-state index in [-0.39, 0.29) is 36.4 Å². The molecule has 0 bridgehead atoms. The van der Waals surface area contributed by atoms with Crippen molar-refractivity contribution in [2.45, 2.75) is 76.3 Å². The van der Waals surface area contributed by atoms with Crippen molar-refractivity contribution in [3.05, 3.63) is 36.0 Å². The first kappa shape index (κ1) is 26.5. The maximum Gasteiger partial charge on any atom is 0.338 e. The van der Waals surface area contributed by atoms with Gasteiger partial charge in [-0.25, -0.2) is 4.79 Å². The minimum Gasteiger partial charge on any atom is -0.458 e. The topological polar surface area (TPSA) is 146 Å². The molecule has 2 aliphatic carbocycles. The number of carbonyl (C=O) groups is 1. The van der Waals surface area contributed by atoms with E-state index in [2.05, 4.69) is 13.5 Å². The predicted molar refractivity (Wildman–Crippen MR) is 125 cm³/mol. The van der Waals surface area contributed by atoms with Crippen LogP contribution in [0.25, 0.3) is 0 Å². The lowest BCUT2D eigenvalue weighted by Crippen LogP contribution is -2.61. The van der Waals surface area contributed by atoms with Gasteiger partial charge >= 0.3 is 5.97 Å². The molecule has 9 heteroatoms. The Hall–Kier alpha value is -1.59. The van der Waals surface area contributed by atoms with E-state index in [0.29, 0.717) is 12.0 Å². The second-order valence-electron chi connectivity index (χ2n) is 10.9. The van der Waals surface area contributed by atoms with Crippen LogP contribution >= 0.6 is 0 Å². The molecule has 4 aliphatic rings. The van der Waals surface area contributed by atoms with Gasteiger partial charge in [-0.05, 0) is 43.1 Å². The molecule has 0 amide bonds. The molecule has 0 aromatic carbocycles. The van der Waals surface area contributed by atoms with Gasteiger partial charge in [0.05, 0.1) is 24.9 Å². The summed E-state index contributed by atoms with van der Waals surface area (Å²) in [5, 5.41) is 51.1. The Morgan fingerprint density at radius 2 is 1.91 bits per heavy atom. The lowest BCUT2D eigenvalue weighted by atomic mass is 9.46. The Morgan fingerprint density at radius 3 is 2.57 bits per heavy atom. The zero-order chi connectivity index (χ0) is 25.5. The van der Waals surface area contributed by atoms with E-state index >= 15 is 0 Å². The maximum absolute atomic E-state index is 11.9. The normalized spacial score (nSPS) is 46.4. The quantitative estimate of drug-likeness (QED) is 0.264. The molecule has 9 nitrogen and oxygen atoms in total. The summed E-state index contributed by atoms with van der Waals surface area (Å²) in [7, 11) is 0. The van der Waals surface area contributed by atoms with E-state index in [1.807, 2.05) is 19.1 Å². The van der Waals surface area contributed by atoms with E-state index in [9.17, 15) is 30.3 Å². The van der Waals surface area contributed by atoms with Gasteiger partial charge in [0.15, 0.2) is 6.29 Å². The zero-order valence-corrected chi connectivity index (χ0v) is 20.4. The number of aliphatic hydroxyl groups is 5. The van der Waals surface area contributed by atoms with Gasteiger partial charge < -0.3 is 39.7 Å². The summed E-state index contributed by atoms with van der Waals surface area (Å²) in [6, 6.07) is 0. The van der Waals surface area contributed by atoms with Gasteiger partial charge in [0, 0.05) is 11.3 Å². The van der Waals surface area contributed by atoms with Crippen LogP contribution in [0.3, 0.4) is 0 Å². The number of esters is 1. The molecule has 5 N–H and O–H groups in total. The molecule has 10 atom stereocenters. The standard InChI is InChI=1S/C26H38O9/c1-14-4-7-18-25(2,16(14)6-5-15-9-11-33-23(15)32)10-8-19(28)26(18,3)13-34-24-22(31)21(30)20(29)17(12-27)35-24/h5-6,9,16-22,24,27-31H,1,4,7-8,10-13H2,2-3H3. The van der Waals surface area contributed by atoms with Crippen molar-refractivity contribution in [1.29, 1.82) is 0 Å². The molecule has 10 unspecified atom stereocenters. The molecule has 0 spiro atoms. The van der Waals surface area contributed by atoms with Crippen molar-refractivity contribution in [2.75, 3.05) is 19.8 Å². The first-order valence-electron chi connectivity index (χ1n) is 12.4. The number of rotatable bonds is 6. The third-order valence-corrected chi connectivity index (χ3v) is 8.84. The number of fused-ring (bicyclic) bond motifs is 1. The average Bonchev–Trinajstić information content (AvgIpc) is 3.24. The number of aliphatic hydroxyl groups excluding tert-OH is 5. The third kappa shape index (κ3) is 4.64. The molecular formula is C26H38O9. The highest BCUT2D eigenvalue weighted by molar-refractivity contribution is 5.93. The van der Waals surface area contributed by atoms with Crippen molar-refractivity contribution in [1.82, 2.24) is 0 Å². The fourth-order valence-electron chi connectivity index (χ4n) is 6.65. The summed E-state index contributed by atoms with van der Waals surface area (Å²) in [4.78, 5) is 11.9. The number of allylic oxidation sites excluding steroid dienone is 2. The van der Waals surface area contributed by atoms with Gasteiger partial charge in [0.25, 0.3) is 0 Å². The van der Waals surface area contributed by atoms with Crippen molar-refractivity contribution in [3.8, 4) is 0 Å². The van der Waals surface area contributed by atoms with E-state index < -0.39 is 48.8 Å². The Labute approximate surface area is 205 Å². The van der Waals surface area contributed by atoms with Gasteiger partial charge in [0.1, 0.15) is 31.0 Å². The number of hydrogen-bond acceptors (Lipinski definition) is 9. The fourth-order valence-corrected chi connectivity index (χ4v) is 6.65. The second-order valence-corrected chi connectivity index (χ2v) is 10.9. The Kier molecular flexibility index (Phi) is 7.60. The zero-order valence-electron chi connectivity index (χ0n) is 20.4. The summed E-state index contributed by atoms with van der Waals surface area (Å²) in [5.41, 5.74) is 0.680. The monoisotopic (exact) mass is 494 g/mol. The van der Waals surface area contributed by atoms with Crippen LogP contribution in [-0.4, -0.2) is 88.1 Å². The highest BCUT2D eigenvalue weighted by Gasteiger charge is 2.58. The van der Waals surface area contributed by atoms with E-state index in [1.54, 1.807) is 6.08 Å². The Balaban J connectivity index is 1.54. The highest BCUT2D eigenvalue weighted by Crippen LogP contribution is 2.61. The highest BCUT2D eigenvalue weighted by atomic mass is 16.7. The molecule has 2 aliphatic heterocycles. The minimum absolute atomic E-state index is 0.00497. The Bertz CT molecular complexity index is 882. The SMILES string of the molecule is C=C1CCC2C(C)(COC3OC(CO)C(O)C(O)C3O)C(O)CCC2(C)C1C=CC1=CCOC1=O. The first-order chi connectivity index (χ1) is 16.5. The second kappa shape index (κ2) is 10.0. The van der Waals surface area contributed by atoms with Crippen LogP contribution in [0.2, 0.25) is 0 Å². The molecule has 0 aromatic rings. The Morgan fingerprint density at radius 1 is 1.17 bits per heavy atom. The van der Waals surface area contributed by atoms with Gasteiger partial charge in [0.2, 0.25) is 0 Å². The number of carbonyl (C=O) groups excluding carboxylic acids is 1. The van der Waals surface area contributed by atoms with Crippen LogP contribution in [0.1, 0.15) is 39.5 Å². The van der Waals surface area contributed by atoms with Crippen LogP contribution in [0, 0.1) is 22.7 Å². The van der Waals surface area contributed by atoms with Gasteiger partial charge in [-0.2, -0.15) is 0 Å². The summed E-state index contributed by atoms with van der Waals surface area (Å²) in [5.74, 6) is -0.302. The van der Waals surface area contributed by atoms with E-state index in [4.69, 9.17) is 14.2 Å². The molecule has 1 saturated heterocycles. The predicted octanol–water partition coefficient (Wildman–Crippen LogP) is 0.592. The number of hydrogen-bond donors (Lipinski definition) is 5. The molecule has 196 valence electrons. The lowest BCUT2D eigenvalue weighted by molar-refractivity contribution is -0.312. The van der Waals surface area contributed by atoms with Gasteiger partial charge in [-0.15, -0.1) is 0 Å². The van der Waals surface area contributed by atoms with E-state index in [1.165, 1.54) is 0 Å². The summed E-state index contributed by atoms with van der Waals surface area (Å²) < 4.78 is 16.5. The summed E-state index contributed by atoms with van der Waals surface area (Å²) in [6.45, 7) is 8.27. The molecule has 35 heavy (non-hydrogen) atoms. The maximum atomic E-state index is 11.9. The van der Waals surface area contributed by atoms with Gasteiger partial charge in [-0.1, -0.05) is 38.2 Å². The van der Waals surface area contributed by atoms with Crippen molar-refractivity contribution >= 4 is 5.97 Å². The van der Waals surface area contributed by atoms with Crippen LogP contribution in [0.5, 0.6) is 0 Å². The minimum atomic E-state index is -1.52. The van der Waals surface area contributed by atoms with Crippen molar-refractivity contribution in [2.24, 2.45) is 22.7 Å². The number of cyclic esters (lactones) is 1. The van der Waals surface area contributed by atoms with Crippen LogP contribution in [0.4, 0.5) is 0 Å². The van der Waals surface area contributed by atoms with Gasteiger partial charge in [-0.3, -0.25) is 0 Å². The molecule has 2 heterocycles. The molecule has 0 aromatic heterocycles. The first-order valence-corrected chi connectivity index (χ1v) is 12.4. The lowest BCUT2D eigenvalue weighted by Gasteiger charge is -2.60. The summed E-state index contributed by atoms with van der Waals surface area (Å²) in [6.07, 6.45) is 1.03. The van der Waals surface area contributed by atoms with E-state index in [0.717, 1.165) is 24.8 Å². The molecule has 4 rings (SSSR count). The molecule has 2 saturated carbocycles. The van der Waals surface area contributed by atoms with Crippen molar-refractivity contribution in [3.63, 3.8) is 0 Å².